The summed E-state index contributed by atoms with van der Waals surface area (Å²) in [7, 11) is 0. The minimum Gasteiger partial charge on any atom is -0.350 e. The zero-order valence-corrected chi connectivity index (χ0v) is 12.6. The molecule has 2 fully saturated rings. The van der Waals surface area contributed by atoms with E-state index in [0.717, 1.165) is 0 Å². The average Bonchev–Trinajstić information content (AvgIpc) is 2.40. The molecule has 112 valence electrons. The standard InChI is InChI=1S/C16H30O3/c1-13(18-15-9-5-3-6-10-15)17-14(2)19-16-11-7-4-8-12-16/h13-16H,3-12H2,1-2H3. The van der Waals surface area contributed by atoms with Gasteiger partial charge in [-0.15, -0.1) is 0 Å². The molecule has 2 atom stereocenters. The van der Waals surface area contributed by atoms with Crippen molar-refractivity contribution in [2.45, 2.75) is 103 Å². The highest BCUT2D eigenvalue weighted by Gasteiger charge is 2.21. The molecule has 2 unspecified atom stereocenters. The second-order valence-electron chi connectivity index (χ2n) is 6.06. The molecule has 3 heteroatoms. The van der Waals surface area contributed by atoms with Crippen LogP contribution in [0.4, 0.5) is 0 Å². The van der Waals surface area contributed by atoms with Crippen molar-refractivity contribution in [1.29, 1.82) is 0 Å². The molecule has 0 aliphatic heterocycles. The van der Waals surface area contributed by atoms with Gasteiger partial charge in [0.25, 0.3) is 0 Å². The molecule has 3 nitrogen and oxygen atoms in total. The maximum Gasteiger partial charge on any atom is 0.158 e. The van der Waals surface area contributed by atoms with E-state index in [4.69, 9.17) is 14.2 Å². The summed E-state index contributed by atoms with van der Waals surface area (Å²) >= 11 is 0. The summed E-state index contributed by atoms with van der Waals surface area (Å²) in [4.78, 5) is 0. The second-order valence-corrected chi connectivity index (χ2v) is 6.06. The molecule has 0 aromatic heterocycles. The zero-order valence-electron chi connectivity index (χ0n) is 12.6. The lowest BCUT2D eigenvalue weighted by Crippen LogP contribution is -2.30. The fraction of sp³-hybridized carbons (Fsp3) is 1.00. The fourth-order valence-corrected chi connectivity index (χ4v) is 3.28. The van der Waals surface area contributed by atoms with Gasteiger partial charge in [0.1, 0.15) is 0 Å². The van der Waals surface area contributed by atoms with Gasteiger partial charge < -0.3 is 14.2 Å². The number of ether oxygens (including phenoxy) is 3. The lowest BCUT2D eigenvalue weighted by atomic mass is 9.98. The third kappa shape index (κ3) is 5.80. The first-order valence-corrected chi connectivity index (χ1v) is 8.20. The van der Waals surface area contributed by atoms with Gasteiger partial charge in [0.2, 0.25) is 0 Å². The van der Waals surface area contributed by atoms with E-state index in [-0.39, 0.29) is 12.6 Å². The fourth-order valence-electron chi connectivity index (χ4n) is 3.28. The Hall–Kier alpha value is -0.120. The van der Waals surface area contributed by atoms with Crippen LogP contribution in [-0.2, 0) is 14.2 Å². The van der Waals surface area contributed by atoms with E-state index < -0.39 is 0 Å². The molecular weight excluding hydrogens is 240 g/mol. The van der Waals surface area contributed by atoms with Gasteiger partial charge in [-0.3, -0.25) is 0 Å². The average molecular weight is 270 g/mol. The molecule has 0 spiro atoms. The summed E-state index contributed by atoms with van der Waals surface area (Å²) in [6, 6.07) is 0. The van der Waals surface area contributed by atoms with Crippen LogP contribution < -0.4 is 0 Å². The summed E-state index contributed by atoms with van der Waals surface area (Å²) in [5.74, 6) is 0. The Morgan fingerprint density at radius 1 is 0.632 bits per heavy atom. The SMILES string of the molecule is CC(OC1CCCCC1)OC(C)OC1CCCCC1. The van der Waals surface area contributed by atoms with Crippen LogP contribution in [0.5, 0.6) is 0 Å². The molecule has 0 heterocycles. The van der Waals surface area contributed by atoms with E-state index in [1.807, 2.05) is 13.8 Å². The maximum absolute atomic E-state index is 5.95. The van der Waals surface area contributed by atoms with Crippen LogP contribution >= 0.6 is 0 Å². The number of hydrogen-bond acceptors (Lipinski definition) is 3. The number of rotatable bonds is 6. The Morgan fingerprint density at radius 3 is 1.37 bits per heavy atom. The van der Waals surface area contributed by atoms with Crippen molar-refractivity contribution >= 4 is 0 Å². The van der Waals surface area contributed by atoms with Crippen molar-refractivity contribution in [2.24, 2.45) is 0 Å². The molecule has 0 amide bonds. The molecule has 0 radical (unpaired) electrons. The van der Waals surface area contributed by atoms with Crippen molar-refractivity contribution in [3.63, 3.8) is 0 Å². The molecular formula is C16H30O3. The quantitative estimate of drug-likeness (QED) is 0.670. The first kappa shape index (κ1) is 15.3. The first-order chi connectivity index (χ1) is 9.24. The predicted molar refractivity (Wildman–Crippen MR) is 75.9 cm³/mol. The van der Waals surface area contributed by atoms with Gasteiger partial charge in [-0.2, -0.15) is 0 Å². The Bertz CT molecular complexity index is 208. The number of hydrogen-bond donors (Lipinski definition) is 0. The van der Waals surface area contributed by atoms with E-state index in [1.165, 1.54) is 64.2 Å². The minimum atomic E-state index is -0.151. The molecule has 0 aromatic carbocycles. The normalized spacial score (nSPS) is 26.2. The Morgan fingerprint density at radius 2 is 1.00 bits per heavy atom. The van der Waals surface area contributed by atoms with E-state index in [2.05, 4.69) is 0 Å². The first-order valence-electron chi connectivity index (χ1n) is 8.20. The smallest absolute Gasteiger partial charge is 0.158 e. The van der Waals surface area contributed by atoms with Crippen LogP contribution in [0, 0.1) is 0 Å². The Kier molecular flexibility index (Phi) is 6.62. The molecule has 19 heavy (non-hydrogen) atoms. The van der Waals surface area contributed by atoms with Gasteiger partial charge in [-0.1, -0.05) is 38.5 Å². The summed E-state index contributed by atoms with van der Waals surface area (Å²) in [6.45, 7) is 3.99. The monoisotopic (exact) mass is 270 g/mol. The van der Waals surface area contributed by atoms with E-state index in [1.54, 1.807) is 0 Å². The lowest BCUT2D eigenvalue weighted by molar-refractivity contribution is -0.260. The summed E-state index contributed by atoms with van der Waals surface area (Å²) in [6.07, 6.45) is 13.1. The van der Waals surface area contributed by atoms with Crippen molar-refractivity contribution in [3.05, 3.63) is 0 Å². The topological polar surface area (TPSA) is 27.7 Å². The second kappa shape index (κ2) is 8.23. The van der Waals surface area contributed by atoms with Crippen molar-refractivity contribution in [1.82, 2.24) is 0 Å². The highest BCUT2D eigenvalue weighted by molar-refractivity contribution is 4.66. The highest BCUT2D eigenvalue weighted by atomic mass is 16.8. The van der Waals surface area contributed by atoms with Crippen molar-refractivity contribution in [3.8, 4) is 0 Å². The third-order valence-corrected chi connectivity index (χ3v) is 4.26. The molecule has 0 aromatic rings. The summed E-state index contributed by atoms with van der Waals surface area (Å²) < 4.78 is 17.7. The Balaban J connectivity index is 1.61. The molecule has 2 rings (SSSR count). The van der Waals surface area contributed by atoms with Crippen LogP contribution in [0.1, 0.15) is 78.1 Å². The van der Waals surface area contributed by atoms with Crippen molar-refractivity contribution < 1.29 is 14.2 Å². The van der Waals surface area contributed by atoms with Gasteiger partial charge >= 0.3 is 0 Å². The molecule has 2 aliphatic rings. The summed E-state index contributed by atoms with van der Waals surface area (Å²) in [5, 5.41) is 0. The molecule has 0 saturated heterocycles. The lowest BCUT2D eigenvalue weighted by Gasteiger charge is -2.30. The van der Waals surface area contributed by atoms with E-state index in [9.17, 15) is 0 Å². The third-order valence-electron chi connectivity index (χ3n) is 4.26. The maximum atomic E-state index is 5.95. The van der Waals surface area contributed by atoms with Crippen LogP contribution in [0.2, 0.25) is 0 Å². The largest absolute Gasteiger partial charge is 0.350 e. The summed E-state index contributed by atoms with van der Waals surface area (Å²) in [5.41, 5.74) is 0. The van der Waals surface area contributed by atoms with Crippen molar-refractivity contribution in [2.75, 3.05) is 0 Å². The van der Waals surface area contributed by atoms with E-state index >= 15 is 0 Å². The van der Waals surface area contributed by atoms with Gasteiger partial charge in [0.05, 0.1) is 12.2 Å². The minimum absolute atomic E-state index is 0.151. The van der Waals surface area contributed by atoms with Crippen LogP contribution in [0.15, 0.2) is 0 Å². The highest BCUT2D eigenvalue weighted by Crippen LogP contribution is 2.24. The van der Waals surface area contributed by atoms with E-state index in [0.29, 0.717) is 12.2 Å². The van der Waals surface area contributed by atoms with Crippen LogP contribution in [0.25, 0.3) is 0 Å². The van der Waals surface area contributed by atoms with Crippen LogP contribution in [-0.4, -0.2) is 24.8 Å². The van der Waals surface area contributed by atoms with Gasteiger partial charge in [0.15, 0.2) is 12.6 Å². The molecule has 0 N–H and O–H groups in total. The zero-order chi connectivity index (χ0) is 13.5. The Labute approximate surface area is 118 Å². The molecule has 2 saturated carbocycles. The molecule has 2 aliphatic carbocycles. The predicted octanol–water partition coefficient (Wildman–Crippen LogP) is 4.39. The van der Waals surface area contributed by atoms with Crippen LogP contribution in [0.3, 0.4) is 0 Å². The van der Waals surface area contributed by atoms with Gasteiger partial charge in [0, 0.05) is 0 Å². The molecule has 0 bridgehead atoms. The van der Waals surface area contributed by atoms with Gasteiger partial charge in [-0.25, -0.2) is 0 Å². The van der Waals surface area contributed by atoms with Gasteiger partial charge in [-0.05, 0) is 39.5 Å².